The molecule has 0 rings (SSSR count). The number of nitrogens with zero attached hydrogens (tertiary/aromatic N) is 1. The van der Waals surface area contributed by atoms with E-state index in [4.69, 9.17) is 0 Å². The van der Waals surface area contributed by atoms with Crippen molar-refractivity contribution in [2.24, 2.45) is 0 Å². The Labute approximate surface area is 110 Å². The Morgan fingerprint density at radius 1 is 1.22 bits per heavy atom. The number of carbonyl (C=O) groups is 2. The SMILES string of the molecule is CCN(CC(=O)NC(C)C)C(=O)CNC(C)(C)C. The van der Waals surface area contributed by atoms with Gasteiger partial charge in [-0.25, -0.2) is 0 Å². The third-order valence-electron chi connectivity index (χ3n) is 2.29. The molecule has 0 unspecified atom stereocenters. The van der Waals surface area contributed by atoms with Gasteiger partial charge in [-0.2, -0.15) is 0 Å². The van der Waals surface area contributed by atoms with Crippen molar-refractivity contribution in [2.45, 2.75) is 53.1 Å². The van der Waals surface area contributed by atoms with Gasteiger partial charge >= 0.3 is 0 Å². The van der Waals surface area contributed by atoms with Crippen molar-refractivity contribution < 1.29 is 9.59 Å². The van der Waals surface area contributed by atoms with E-state index >= 15 is 0 Å². The van der Waals surface area contributed by atoms with Gasteiger partial charge in [-0.05, 0) is 41.5 Å². The molecule has 0 bridgehead atoms. The van der Waals surface area contributed by atoms with E-state index in [1.54, 1.807) is 4.90 Å². The predicted octanol–water partition coefficient (Wildman–Crippen LogP) is 0.748. The Kier molecular flexibility index (Phi) is 6.91. The first kappa shape index (κ1) is 16.9. The van der Waals surface area contributed by atoms with Gasteiger partial charge in [0.05, 0.1) is 13.1 Å². The average Bonchev–Trinajstić information content (AvgIpc) is 2.20. The van der Waals surface area contributed by atoms with Crippen LogP contribution in [0.1, 0.15) is 41.5 Å². The zero-order valence-electron chi connectivity index (χ0n) is 12.5. The smallest absolute Gasteiger partial charge is 0.239 e. The van der Waals surface area contributed by atoms with Gasteiger partial charge < -0.3 is 15.5 Å². The topological polar surface area (TPSA) is 61.4 Å². The molecule has 0 aromatic carbocycles. The van der Waals surface area contributed by atoms with Gasteiger partial charge in [0.2, 0.25) is 11.8 Å². The van der Waals surface area contributed by atoms with Crippen molar-refractivity contribution in [3.8, 4) is 0 Å². The van der Waals surface area contributed by atoms with Crippen LogP contribution in [0.3, 0.4) is 0 Å². The molecule has 0 radical (unpaired) electrons. The minimum absolute atomic E-state index is 0.0497. The van der Waals surface area contributed by atoms with Crippen LogP contribution in [0.5, 0.6) is 0 Å². The van der Waals surface area contributed by atoms with Gasteiger partial charge in [-0.3, -0.25) is 9.59 Å². The highest BCUT2D eigenvalue weighted by molar-refractivity contribution is 5.85. The Morgan fingerprint density at radius 3 is 2.17 bits per heavy atom. The molecule has 0 aliphatic carbocycles. The van der Waals surface area contributed by atoms with Crippen molar-refractivity contribution in [2.75, 3.05) is 19.6 Å². The second-order valence-electron chi connectivity index (χ2n) is 5.73. The van der Waals surface area contributed by atoms with Gasteiger partial charge in [0.1, 0.15) is 0 Å². The van der Waals surface area contributed by atoms with Crippen LogP contribution < -0.4 is 10.6 Å². The summed E-state index contributed by atoms with van der Waals surface area (Å²) in [5, 5.41) is 5.91. The molecule has 5 heteroatoms. The molecule has 0 saturated carbocycles. The molecular formula is C13H27N3O2. The molecule has 0 aromatic heterocycles. The van der Waals surface area contributed by atoms with Crippen LogP contribution in [0, 0.1) is 0 Å². The maximum atomic E-state index is 11.9. The molecule has 0 fully saturated rings. The maximum Gasteiger partial charge on any atom is 0.239 e. The standard InChI is InChI=1S/C13H27N3O2/c1-7-16(9-11(17)15-10(2)3)12(18)8-14-13(4,5)6/h10,14H,7-9H2,1-6H3,(H,15,17). The Morgan fingerprint density at radius 2 is 1.78 bits per heavy atom. The van der Waals surface area contributed by atoms with E-state index < -0.39 is 0 Å². The van der Waals surface area contributed by atoms with Crippen molar-refractivity contribution in [3.63, 3.8) is 0 Å². The molecule has 0 saturated heterocycles. The number of nitrogens with one attached hydrogen (secondary N) is 2. The van der Waals surface area contributed by atoms with E-state index in [-0.39, 0.29) is 36.5 Å². The minimum atomic E-state index is -0.115. The lowest BCUT2D eigenvalue weighted by molar-refractivity contribution is -0.135. The molecule has 0 spiro atoms. The van der Waals surface area contributed by atoms with Crippen molar-refractivity contribution in [1.82, 2.24) is 15.5 Å². The van der Waals surface area contributed by atoms with E-state index in [2.05, 4.69) is 10.6 Å². The van der Waals surface area contributed by atoms with Crippen molar-refractivity contribution >= 4 is 11.8 Å². The summed E-state index contributed by atoms with van der Waals surface area (Å²) in [7, 11) is 0. The first-order valence-corrected chi connectivity index (χ1v) is 6.48. The lowest BCUT2D eigenvalue weighted by atomic mass is 10.1. The van der Waals surface area contributed by atoms with Crippen molar-refractivity contribution in [3.05, 3.63) is 0 Å². The number of hydrogen-bond acceptors (Lipinski definition) is 3. The Hall–Kier alpha value is -1.10. The molecule has 18 heavy (non-hydrogen) atoms. The molecule has 0 aliphatic heterocycles. The quantitative estimate of drug-likeness (QED) is 0.738. The number of rotatable bonds is 6. The highest BCUT2D eigenvalue weighted by atomic mass is 16.2. The van der Waals surface area contributed by atoms with Gasteiger partial charge in [0.15, 0.2) is 0 Å². The molecule has 0 aliphatic rings. The van der Waals surface area contributed by atoms with Crippen LogP contribution in [-0.2, 0) is 9.59 Å². The first-order valence-electron chi connectivity index (χ1n) is 6.48. The van der Waals surface area contributed by atoms with Crippen molar-refractivity contribution in [1.29, 1.82) is 0 Å². The number of amides is 2. The molecular weight excluding hydrogens is 230 g/mol. The molecule has 106 valence electrons. The fourth-order valence-electron chi connectivity index (χ4n) is 1.37. The summed E-state index contributed by atoms with van der Waals surface area (Å²) in [6.07, 6.45) is 0. The fraction of sp³-hybridized carbons (Fsp3) is 0.846. The molecule has 0 aromatic rings. The lowest BCUT2D eigenvalue weighted by Gasteiger charge is -2.25. The normalized spacial score (nSPS) is 11.5. The Balaban J connectivity index is 4.24. The number of carbonyl (C=O) groups excluding carboxylic acids is 2. The summed E-state index contributed by atoms with van der Waals surface area (Å²) in [6, 6.07) is 0.0963. The summed E-state index contributed by atoms with van der Waals surface area (Å²) >= 11 is 0. The second kappa shape index (κ2) is 7.36. The van der Waals surface area contributed by atoms with Gasteiger partial charge in [0, 0.05) is 18.1 Å². The van der Waals surface area contributed by atoms with E-state index in [1.165, 1.54) is 0 Å². The largest absolute Gasteiger partial charge is 0.352 e. The third kappa shape index (κ3) is 8.06. The molecule has 5 nitrogen and oxygen atoms in total. The highest BCUT2D eigenvalue weighted by Gasteiger charge is 2.18. The zero-order valence-corrected chi connectivity index (χ0v) is 12.5. The lowest BCUT2D eigenvalue weighted by Crippen LogP contribution is -2.48. The monoisotopic (exact) mass is 257 g/mol. The minimum Gasteiger partial charge on any atom is -0.352 e. The maximum absolute atomic E-state index is 11.9. The van der Waals surface area contributed by atoms with E-state index in [0.29, 0.717) is 6.54 Å². The van der Waals surface area contributed by atoms with E-state index in [0.717, 1.165) is 0 Å². The summed E-state index contributed by atoms with van der Waals surface area (Å²) < 4.78 is 0. The van der Waals surface area contributed by atoms with Crippen LogP contribution in [-0.4, -0.2) is 47.9 Å². The van der Waals surface area contributed by atoms with Crippen LogP contribution in [0.25, 0.3) is 0 Å². The fourth-order valence-corrected chi connectivity index (χ4v) is 1.37. The zero-order chi connectivity index (χ0) is 14.3. The van der Waals surface area contributed by atoms with Crippen LogP contribution in [0.4, 0.5) is 0 Å². The summed E-state index contributed by atoms with van der Waals surface area (Å²) in [5.41, 5.74) is -0.102. The van der Waals surface area contributed by atoms with Crippen LogP contribution in [0.15, 0.2) is 0 Å². The second-order valence-corrected chi connectivity index (χ2v) is 5.73. The average molecular weight is 257 g/mol. The van der Waals surface area contributed by atoms with Gasteiger partial charge in [-0.1, -0.05) is 0 Å². The predicted molar refractivity (Wildman–Crippen MR) is 73.3 cm³/mol. The highest BCUT2D eigenvalue weighted by Crippen LogP contribution is 1.98. The third-order valence-corrected chi connectivity index (χ3v) is 2.29. The van der Waals surface area contributed by atoms with Crippen LogP contribution >= 0.6 is 0 Å². The number of likely N-dealkylation sites (N-methyl/N-ethyl adjacent to an activating group) is 1. The van der Waals surface area contributed by atoms with Gasteiger partial charge in [0.25, 0.3) is 0 Å². The number of hydrogen-bond donors (Lipinski definition) is 2. The van der Waals surface area contributed by atoms with Gasteiger partial charge in [-0.15, -0.1) is 0 Å². The summed E-state index contributed by atoms with van der Waals surface area (Å²) in [6.45, 7) is 12.6. The summed E-state index contributed by atoms with van der Waals surface area (Å²) in [5.74, 6) is -0.165. The van der Waals surface area contributed by atoms with Crippen LogP contribution in [0.2, 0.25) is 0 Å². The Bertz CT molecular complexity index is 282. The molecule has 0 atom stereocenters. The molecule has 0 heterocycles. The van der Waals surface area contributed by atoms with E-state index in [1.807, 2.05) is 41.5 Å². The van der Waals surface area contributed by atoms with E-state index in [9.17, 15) is 9.59 Å². The summed E-state index contributed by atoms with van der Waals surface area (Å²) in [4.78, 5) is 25.1. The molecule has 2 N–H and O–H groups in total. The first-order chi connectivity index (χ1) is 8.15. The molecule has 2 amide bonds.